The number of ether oxygens (including phenoxy) is 1. The van der Waals surface area contributed by atoms with Gasteiger partial charge in [-0.3, -0.25) is 4.79 Å². The van der Waals surface area contributed by atoms with Crippen molar-refractivity contribution in [3.8, 4) is 0 Å². The van der Waals surface area contributed by atoms with Crippen molar-refractivity contribution in [2.75, 3.05) is 13.1 Å². The van der Waals surface area contributed by atoms with Crippen molar-refractivity contribution in [2.45, 2.75) is 38.7 Å². The van der Waals surface area contributed by atoms with E-state index in [1.807, 2.05) is 20.8 Å². The molecule has 2 rings (SSSR count). The molecule has 2 heterocycles. The summed E-state index contributed by atoms with van der Waals surface area (Å²) in [5, 5.41) is 0. The quantitative estimate of drug-likeness (QED) is 0.853. The van der Waals surface area contributed by atoms with Crippen molar-refractivity contribution >= 4 is 22.0 Å². The number of hydrogen-bond acceptors (Lipinski definition) is 3. The lowest BCUT2D eigenvalue weighted by Gasteiger charge is -2.24. The van der Waals surface area contributed by atoms with Crippen LogP contribution in [0.5, 0.6) is 0 Å². The van der Waals surface area contributed by atoms with E-state index in [1.54, 1.807) is 17.2 Å². The van der Waals surface area contributed by atoms with Crippen LogP contribution in [0.3, 0.4) is 0 Å². The third-order valence-electron chi connectivity index (χ3n) is 3.17. The zero-order chi connectivity index (χ0) is 14.9. The van der Waals surface area contributed by atoms with Gasteiger partial charge in [0, 0.05) is 37.0 Å². The molecular formula is C14H19BrN2O3. The lowest BCUT2D eigenvalue weighted by molar-refractivity contribution is 0.0292. The second-order valence-electron chi connectivity index (χ2n) is 6.01. The van der Waals surface area contributed by atoms with Gasteiger partial charge in [0.05, 0.1) is 4.47 Å². The highest BCUT2D eigenvalue weighted by Gasteiger charge is 2.31. The Kier molecular flexibility index (Phi) is 4.22. The topological polar surface area (TPSA) is 62.4 Å². The molecule has 1 unspecified atom stereocenters. The molecule has 0 spiro atoms. The SMILES string of the molecule is CC(C)(C)OC(=O)N1CCC(c2cc(=O)c(Br)c[nH]2)C1. The number of aromatic nitrogens is 1. The molecule has 0 bridgehead atoms. The van der Waals surface area contributed by atoms with Crippen LogP contribution in [-0.2, 0) is 4.74 Å². The molecular weight excluding hydrogens is 324 g/mol. The van der Waals surface area contributed by atoms with E-state index in [4.69, 9.17) is 4.74 Å². The minimum atomic E-state index is -0.485. The molecule has 1 saturated heterocycles. The number of amides is 1. The van der Waals surface area contributed by atoms with Gasteiger partial charge in [-0.15, -0.1) is 0 Å². The largest absolute Gasteiger partial charge is 0.444 e. The summed E-state index contributed by atoms with van der Waals surface area (Å²) in [6.07, 6.45) is 2.18. The van der Waals surface area contributed by atoms with Crippen LogP contribution in [0.4, 0.5) is 4.79 Å². The Morgan fingerprint density at radius 3 is 2.80 bits per heavy atom. The third-order valence-corrected chi connectivity index (χ3v) is 3.79. The van der Waals surface area contributed by atoms with E-state index in [9.17, 15) is 9.59 Å². The van der Waals surface area contributed by atoms with Crippen LogP contribution in [0.1, 0.15) is 38.8 Å². The molecule has 1 atom stereocenters. The number of halogens is 1. The third kappa shape index (κ3) is 3.62. The van der Waals surface area contributed by atoms with Crippen molar-refractivity contribution in [1.29, 1.82) is 0 Å². The molecule has 0 radical (unpaired) electrons. The molecule has 1 aromatic rings. The first-order chi connectivity index (χ1) is 9.26. The second kappa shape index (κ2) is 5.60. The Morgan fingerprint density at radius 1 is 1.50 bits per heavy atom. The highest BCUT2D eigenvalue weighted by molar-refractivity contribution is 9.10. The van der Waals surface area contributed by atoms with Crippen LogP contribution in [0.15, 0.2) is 21.5 Å². The minimum absolute atomic E-state index is 0.0468. The molecule has 6 heteroatoms. The maximum atomic E-state index is 12.0. The molecule has 0 saturated carbocycles. The van der Waals surface area contributed by atoms with Crippen molar-refractivity contribution < 1.29 is 9.53 Å². The highest BCUT2D eigenvalue weighted by Crippen LogP contribution is 2.26. The van der Waals surface area contributed by atoms with Crippen LogP contribution in [0.2, 0.25) is 0 Å². The number of H-pyrrole nitrogens is 1. The van der Waals surface area contributed by atoms with E-state index < -0.39 is 5.60 Å². The number of carbonyl (C=O) groups is 1. The molecule has 1 N–H and O–H groups in total. The van der Waals surface area contributed by atoms with Gasteiger partial charge in [0.15, 0.2) is 5.43 Å². The predicted molar refractivity (Wildman–Crippen MR) is 79.9 cm³/mol. The fourth-order valence-corrected chi connectivity index (χ4v) is 2.44. The van der Waals surface area contributed by atoms with Gasteiger partial charge in [-0.25, -0.2) is 4.79 Å². The standard InChI is InChI=1S/C14H19BrN2O3/c1-14(2,3)20-13(19)17-5-4-9(8-17)11-6-12(18)10(15)7-16-11/h6-7,9H,4-5,8H2,1-3H3,(H,16,18). The van der Waals surface area contributed by atoms with Crippen LogP contribution in [-0.4, -0.2) is 34.7 Å². The van der Waals surface area contributed by atoms with Crippen LogP contribution in [0.25, 0.3) is 0 Å². The smallest absolute Gasteiger partial charge is 0.410 e. The molecule has 1 aliphatic rings. The summed E-state index contributed by atoms with van der Waals surface area (Å²) in [5.41, 5.74) is 0.333. The Bertz CT molecular complexity index is 562. The maximum Gasteiger partial charge on any atom is 0.410 e. The molecule has 1 fully saturated rings. The average molecular weight is 343 g/mol. The summed E-state index contributed by atoms with van der Waals surface area (Å²) >= 11 is 3.18. The number of rotatable bonds is 1. The van der Waals surface area contributed by atoms with Crippen molar-refractivity contribution in [2.24, 2.45) is 0 Å². The Hall–Kier alpha value is -1.30. The van der Waals surface area contributed by atoms with Gasteiger partial charge in [-0.2, -0.15) is 0 Å². The normalized spacial score (nSPS) is 19.2. The van der Waals surface area contributed by atoms with Crippen LogP contribution in [0, 0.1) is 0 Å². The summed E-state index contributed by atoms with van der Waals surface area (Å²) in [7, 11) is 0. The summed E-state index contributed by atoms with van der Waals surface area (Å²) < 4.78 is 5.87. The van der Waals surface area contributed by atoms with Gasteiger partial charge in [0.2, 0.25) is 0 Å². The molecule has 20 heavy (non-hydrogen) atoms. The maximum absolute atomic E-state index is 12.0. The van der Waals surface area contributed by atoms with E-state index in [1.165, 1.54) is 0 Å². The minimum Gasteiger partial charge on any atom is -0.444 e. The fraction of sp³-hybridized carbons (Fsp3) is 0.571. The number of carbonyl (C=O) groups excluding carboxylic acids is 1. The lowest BCUT2D eigenvalue weighted by atomic mass is 10.0. The average Bonchev–Trinajstić information content (AvgIpc) is 2.80. The second-order valence-corrected chi connectivity index (χ2v) is 6.87. The summed E-state index contributed by atoms with van der Waals surface area (Å²) in [5.74, 6) is 0.156. The molecule has 110 valence electrons. The van der Waals surface area contributed by atoms with Gasteiger partial charge in [0.1, 0.15) is 5.60 Å². The number of hydrogen-bond donors (Lipinski definition) is 1. The van der Waals surface area contributed by atoms with Crippen LogP contribution >= 0.6 is 15.9 Å². The van der Waals surface area contributed by atoms with Gasteiger partial charge in [0.25, 0.3) is 0 Å². The zero-order valence-corrected chi connectivity index (χ0v) is 13.5. The first-order valence-corrected chi connectivity index (χ1v) is 7.41. The Balaban J connectivity index is 2.03. The lowest BCUT2D eigenvalue weighted by Crippen LogP contribution is -2.35. The monoisotopic (exact) mass is 342 g/mol. The molecule has 0 aliphatic carbocycles. The molecule has 5 nitrogen and oxygen atoms in total. The fourth-order valence-electron chi connectivity index (χ4n) is 2.21. The number of nitrogens with zero attached hydrogens (tertiary/aromatic N) is 1. The molecule has 1 aromatic heterocycles. The first kappa shape index (κ1) is 15.1. The van der Waals surface area contributed by atoms with E-state index in [0.29, 0.717) is 17.6 Å². The van der Waals surface area contributed by atoms with Crippen LogP contribution < -0.4 is 5.43 Å². The number of likely N-dealkylation sites (tertiary alicyclic amines) is 1. The number of pyridine rings is 1. The Morgan fingerprint density at radius 2 is 2.20 bits per heavy atom. The van der Waals surface area contributed by atoms with E-state index in [-0.39, 0.29) is 17.4 Å². The Labute approximate surface area is 126 Å². The van der Waals surface area contributed by atoms with Crippen molar-refractivity contribution in [3.05, 3.63) is 32.7 Å². The van der Waals surface area contributed by atoms with Gasteiger partial charge < -0.3 is 14.6 Å². The van der Waals surface area contributed by atoms with E-state index in [2.05, 4.69) is 20.9 Å². The summed E-state index contributed by atoms with van der Waals surface area (Å²) in [6.45, 7) is 6.78. The summed E-state index contributed by atoms with van der Waals surface area (Å²) in [6, 6.07) is 1.59. The zero-order valence-electron chi connectivity index (χ0n) is 11.9. The van der Waals surface area contributed by atoms with Gasteiger partial charge in [-0.05, 0) is 43.1 Å². The predicted octanol–water partition coefficient (Wildman–Crippen LogP) is 2.86. The van der Waals surface area contributed by atoms with Crippen molar-refractivity contribution in [1.82, 2.24) is 9.88 Å². The number of aromatic amines is 1. The highest BCUT2D eigenvalue weighted by atomic mass is 79.9. The molecule has 1 amide bonds. The molecule has 1 aliphatic heterocycles. The van der Waals surface area contributed by atoms with Gasteiger partial charge >= 0.3 is 6.09 Å². The van der Waals surface area contributed by atoms with E-state index >= 15 is 0 Å². The van der Waals surface area contributed by atoms with Gasteiger partial charge in [-0.1, -0.05) is 0 Å². The van der Waals surface area contributed by atoms with E-state index in [0.717, 1.165) is 12.1 Å². The number of nitrogens with one attached hydrogen (secondary N) is 1. The first-order valence-electron chi connectivity index (χ1n) is 6.62. The summed E-state index contributed by atoms with van der Waals surface area (Å²) in [4.78, 5) is 28.4. The molecule has 0 aromatic carbocycles. The van der Waals surface area contributed by atoms with Crippen molar-refractivity contribution in [3.63, 3.8) is 0 Å².